The number of hydrogen-bond acceptors (Lipinski definition) is 6. The average Bonchev–Trinajstić information content (AvgIpc) is 1.62. The number of nitrogens with zero attached hydrogens (tertiary/aromatic N) is 9. The van der Waals surface area contributed by atoms with Gasteiger partial charge in [0.25, 0.3) is 0 Å². The number of aromatic nitrogens is 5. The molecule has 9 heteroatoms. The van der Waals surface area contributed by atoms with Gasteiger partial charge in [-0.1, -0.05) is 182 Å². The van der Waals surface area contributed by atoms with Crippen LogP contribution in [0.25, 0.3) is 161 Å². The first-order chi connectivity index (χ1) is 46.9. The Morgan fingerprint density at radius 2 is 0.611 bits per heavy atom. The van der Waals surface area contributed by atoms with Crippen molar-refractivity contribution in [2.24, 2.45) is 0 Å². The van der Waals surface area contributed by atoms with Crippen LogP contribution in [-0.4, -0.2) is 23.7 Å². The Morgan fingerprint density at radius 1 is 0.242 bits per heavy atom. The van der Waals surface area contributed by atoms with Crippen LogP contribution >= 0.6 is 0 Å². The van der Waals surface area contributed by atoms with Crippen molar-refractivity contribution >= 4 is 65.4 Å². The zero-order chi connectivity index (χ0) is 63.7. The summed E-state index contributed by atoms with van der Waals surface area (Å²) in [6, 6.07) is 111. The number of hydrogen-bond donors (Lipinski definition) is 0. The molecule has 0 unspecified atom stereocenters. The lowest BCUT2D eigenvalue weighted by atomic mass is 9.91. The van der Waals surface area contributed by atoms with E-state index in [1.807, 2.05) is 48.5 Å². The summed E-state index contributed by atoms with van der Waals surface area (Å²) in [4.78, 5) is 11.1. The molecule has 0 aliphatic carbocycles. The second kappa shape index (κ2) is 22.7. The van der Waals surface area contributed by atoms with Gasteiger partial charge in [-0.05, 0) is 149 Å². The fraction of sp³-hybridized carbons (Fsp3) is 0. The molecule has 0 aliphatic rings. The molecule has 0 fully saturated rings. The third kappa shape index (κ3) is 9.28. The minimum Gasteiger partial charge on any atom is -0.309 e. The fourth-order valence-corrected chi connectivity index (χ4v) is 14.1. The van der Waals surface area contributed by atoms with Crippen molar-refractivity contribution in [1.82, 2.24) is 23.7 Å². The zero-order valence-electron chi connectivity index (χ0n) is 50.8. The first-order valence-corrected chi connectivity index (χ1v) is 31.3. The molecule has 438 valence electrons. The van der Waals surface area contributed by atoms with E-state index in [0.29, 0.717) is 39.2 Å². The molecular weight excluding hydrogens is 1160 g/mol. The highest BCUT2D eigenvalue weighted by Crippen LogP contribution is 2.47. The predicted molar refractivity (Wildman–Crippen MR) is 382 cm³/mol. The van der Waals surface area contributed by atoms with Gasteiger partial charge in [-0.2, -0.15) is 21.0 Å². The molecule has 95 heavy (non-hydrogen) atoms. The lowest BCUT2D eigenvalue weighted by Crippen LogP contribution is -2.04. The maximum Gasteiger partial charge on any atom is 0.160 e. The highest BCUT2D eigenvalue weighted by Gasteiger charge is 2.26. The fourth-order valence-electron chi connectivity index (χ4n) is 14.1. The predicted octanol–water partition coefficient (Wildman–Crippen LogP) is 20.9. The third-order valence-corrected chi connectivity index (χ3v) is 18.4. The molecule has 17 rings (SSSR count). The van der Waals surface area contributed by atoms with Gasteiger partial charge in [0.15, 0.2) is 5.82 Å². The van der Waals surface area contributed by atoms with Gasteiger partial charge in [-0.25, -0.2) is 9.97 Å². The summed E-state index contributed by atoms with van der Waals surface area (Å²) in [7, 11) is 0. The van der Waals surface area contributed by atoms with E-state index in [9.17, 15) is 21.0 Å². The normalized spacial score (nSPS) is 11.3. The second-order valence-electron chi connectivity index (χ2n) is 23.7. The van der Waals surface area contributed by atoms with E-state index in [0.717, 1.165) is 144 Å². The van der Waals surface area contributed by atoms with E-state index < -0.39 is 0 Å². The summed E-state index contributed by atoms with van der Waals surface area (Å²) < 4.78 is 7.08. The second-order valence-corrected chi connectivity index (χ2v) is 23.7. The topological polar surface area (TPSA) is 136 Å². The van der Waals surface area contributed by atoms with E-state index in [2.05, 4.69) is 262 Å². The Hall–Kier alpha value is -13.7. The van der Waals surface area contributed by atoms with Gasteiger partial charge in [0.2, 0.25) is 0 Å². The molecule has 0 radical (unpaired) electrons. The van der Waals surface area contributed by atoms with Gasteiger partial charge in [0.05, 0.1) is 96.7 Å². The van der Waals surface area contributed by atoms with Gasteiger partial charge >= 0.3 is 0 Å². The van der Waals surface area contributed by atoms with Gasteiger partial charge in [0.1, 0.15) is 0 Å². The van der Waals surface area contributed by atoms with E-state index in [-0.39, 0.29) is 0 Å². The molecular formula is C86H49N9. The molecule has 17 aromatic rings. The molecule has 0 N–H and O–H groups in total. The maximum atomic E-state index is 10.7. The van der Waals surface area contributed by atoms with Crippen LogP contribution in [0.4, 0.5) is 0 Å². The molecule has 9 nitrogen and oxygen atoms in total. The highest BCUT2D eigenvalue weighted by atomic mass is 15.0. The van der Waals surface area contributed by atoms with E-state index >= 15 is 0 Å². The molecule has 4 aromatic heterocycles. The smallest absolute Gasteiger partial charge is 0.160 e. The summed E-state index contributed by atoms with van der Waals surface area (Å²) in [5.74, 6) is 0.541. The minimum absolute atomic E-state index is 0.379. The van der Waals surface area contributed by atoms with Crippen molar-refractivity contribution in [3.8, 4) is 120 Å². The van der Waals surface area contributed by atoms with Crippen LogP contribution in [0, 0.1) is 45.3 Å². The first kappa shape index (κ1) is 55.4. The maximum absolute atomic E-state index is 10.7. The number of nitriles is 4. The highest BCUT2D eigenvalue weighted by molar-refractivity contribution is 6.14. The van der Waals surface area contributed by atoms with Crippen molar-refractivity contribution in [1.29, 1.82) is 21.0 Å². The van der Waals surface area contributed by atoms with Gasteiger partial charge in [0, 0.05) is 71.5 Å². The molecule has 0 bridgehead atoms. The van der Waals surface area contributed by atoms with Crippen molar-refractivity contribution in [3.05, 3.63) is 320 Å². The van der Waals surface area contributed by atoms with Gasteiger partial charge < -0.3 is 13.7 Å². The molecule has 4 heterocycles. The summed E-state index contributed by atoms with van der Waals surface area (Å²) in [6.07, 6.45) is 0. The summed E-state index contributed by atoms with van der Waals surface area (Å²) in [5.41, 5.74) is 21.3. The Balaban J connectivity index is 1.02. The SMILES string of the molecule is N#Cc1ccc(-c2ccc3c(c2)c2cc(-c4ccc(C#N)cc4C#N)ccc2n3-c2c(-c3cccc(-n4c5ccccc5c5ccccc54)c3)cc(-c3nc(-c4ccccc4)cc(-c4ccccc4)n3)cc2-c2cccc(-n3c4ccccc4c4ccccc43)c2)c(C#N)c1. The number of benzene rings is 13. The molecule has 0 aliphatic heterocycles. The molecule has 0 atom stereocenters. The van der Waals surface area contributed by atoms with Crippen LogP contribution in [0.1, 0.15) is 22.3 Å². The summed E-state index contributed by atoms with van der Waals surface area (Å²) >= 11 is 0. The monoisotopic (exact) mass is 1210 g/mol. The molecule has 0 spiro atoms. The van der Waals surface area contributed by atoms with Crippen molar-refractivity contribution in [3.63, 3.8) is 0 Å². The standard InChI is InChI=1S/C86H49N9/c87-50-54-33-37-67(63(41-54)52-89)60-35-39-83-75(45-60)76-46-61(68-38-34-55(51-88)42-64(68)53-90)36-40-84(76)95(83)85-73(58-21-15-23-65(43-58)93-79-29-11-7-25-69(79)70-26-8-12-30-80(70)93)47-62(86-91-77(56-17-3-1-4-18-56)49-78(92-86)57-19-5-2-6-20-57)48-74(85)59-22-16-24-66(44-59)94-81-31-13-9-27-71(81)72-28-10-14-32-82(72)94/h1-49H. The molecule has 0 amide bonds. The number of para-hydroxylation sites is 4. The van der Waals surface area contributed by atoms with Crippen molar-refractivity contribution in [2.45, 2.75) is 0 Å². The lowest BCUT2D eigenvalue weighted by molar-refractivity contribution is 1.16. The zero-order valence-corrected chi connectivity index (χ0v) is 50.8. The van der Waals surface area contributed by atoms with Gasteiger partial charge in [-0.3, -0.25) is 0 Å². The largest absolute Gasteiger partial charge is 0.309 e. The first-order valence-electron chi connectivity index (χ1n) is 31.3. The van der Waals surface area contributed by atoms with Crippen LogP contribution in [0.3, 0.4) is 0 Å². The average molecular weight is 1210 g/mol. The molecule has 0 saturated carbocycles. The van der Waals surface area contributed by atoms with Crippen molar-refractivity contribution in [2.75, 3.05) is 0 Å². The van der Waals surface area contributed by atoms with E-state index in [1.54, 1.807) is 24.3 Å². The Kier molecular flexibility index (Phi) is 13.2. The quantitative estimate of drug-likeness (QED) is 0.134. The van der Waals surface area contributed by atoms with Crippen LogP contribution in [-0.2, 0) is 0 Å². The van der Waals surface area contributed by atoms with E-state index in [1.165, 1.54) is 0 Å². The summed E-state index contributed by atoms with van der Waals surface area (Å²) in [5, 5.41) is 47.6. The van der Waals surface area contributed by atoms with E-state index in [4.69, 9.17) is 9.97 Å². The van der Waals surface area contributed by atoms with Crippen LogP contribution in [0.15, 0.2) is 297 Å². The summed E-state index contributed by atoms with van der Waals surface area (Å²) in [6.45, 7) is 0. The number of fused-ring (bicyclic) bond motifs is 9. The third-order valence-electron chi connectivity index (χ3n) is 18.4. The Bertz CT molecular complexity index is 5740. The van der Waals surface area contributed by atoms with Gasteiger partial charge in [-0.15, -0.1) is 0 Å². The van der Waals surface area contributed by atoms with Crippen molar-refractivity contribution < 1.29 is 0 Å². The molecule has 0 saturated heterocycles. The minimum atomic E-state index is 0.379. The Morgan fingerprint density at radius 3 is 1.01 bits per heavy atom. The lowest BCUT2D eigenvalue weighted by Gasteiger charge is -2.22. The number of rotatable bonds is 10. The van der Waals surface area contributed by atoms with Crippen LogP contribution < -0.4 is 0 Å². The Labute approximate surface area is 546 Å². The molecule has 13 aromatic carbocycles. The van der Waals surface area contributed by atoms with Crippen LogP contribution in [0.2, 0.25) is 0 Å². The van der Waals surface area contributed by atoms with Crippen LogP contribution in [0.5, 0.6) is 0 Å².